The summed E-state index contributed by atoms with van der Waals surface area (Å²) in [6.07, 6.45) is 0. The van der Waals surface area contributed by atoms with Gasteiger partial charge in [0.25, 0.3) is 0 Å². The van der Waals surface area contributed by atoms with E-state index in [-0.39, 0.29) is 0 Å². The summed E-state index contributed by atoms with van der Waals surface area (Å²) < 4.78 is 49.0. The van der Waals surface area contributed by atoms with Crippen LogP contribution in [0.5, 0.6) is 11.5 Å². The average molecular weight is 451 g/mol. The third kappa shape index (κ3) is 3.92. The molecule has 2 aromatic carbocycles. The standard InChI is InChI=1S/C19H19NO6P2S/c1-23-27(21,24-2)19(14-11-12-29-13-14)20-28(22)25-17-9-5-3-7-15(17)16-8-4-6-10-18(16)26-28/h3-13,19H,1-2H3,(H,20,22). The number of hydrogen-bond donors (Lipinski definition) is 1. The Bertz CT molecular complexity index is 1040. The molecule has 152 valence electrons. The molecule has 0 spiro atoms. The second kappa shape index (κ2) is 8.07. The van der Waals surface area contributed by atoms with Crippen molar-refractivity contribution in [2.24, 2.45) is 0 Å². The molecular weight excluding hydrogens is 432 g/mol. The molecule has 0 saturated heterocycles. The predicted octanol–water partition coefficient (Wildman–Crippen LogP) is 6.07. The van der Waals surface area contributed by atoms with Gasteiger partial charge >= 0.3 is 15.3 Å². The van der Waals surface area contributed by atoms with E-state index in [1.165, 1.54) is 25.6 Å². The molecule has 0 aliphatic carbocycles. The minimum absolute atomic E-state index is 0.391. The number of para-hydroxylation sites is 2. The number of benzene rings is 2. The smallest absolute Gasteiger partial charge is 0.404 e. The van der Waals surface area contributed by atoms with Crippen LogP contribution in [0, 0.1) is 0 Å². The Kier molecular flexibility index (Phi) is 5.67. The summed E-state index contributed by atoms with van der Waals surface area (Å²) in [5.74, 6) is -0.268. The van der Waals surface area contributed by atoms with Crippen LogP contribution in [0.15, 0.2) is 65.4 Å². The summed E-state index contributed by atoms with van der Waals surface area (Å²) in [7, 11) is -5.17. The van der Waals surface area contributed by atoms with Gasteiger partial charge in [0.2, 0.25) is 0 Å². The Morgan fingerprint density at radius 1 is 0.966 bits per heavy atom. The van der Waals surface area contributed by atoms with Crippen LogP contribution in [0.3, 0.4) is 0 Å². The molecule has 0 saturated carbocycles. The molecule has 10 heteroatoms. The second-order valence-electron chi connectivity index (χ2n) is 6.17. The maximum Gasteiger partial charge on any atom is 0.514 e. The molecule has 0 amide bonds. The van der Waals surface area contributed by atoms with Crippen molar-refractivity contribution < 1.29 is 27.2 Å². The molecule has 1 aliphatic heterocycles. The second-order valence-corrected chi connectivity index (χ2v) is 10.9. The first kappa shape index (κ1) is 20.4. The Balaban J connectivity index is 1.80. The average Bonchev–Trinajstić information content (AvgIpc) is 3.23. The first-order valence-electron chi connectivity index (χ1n) is 8.67. The molecule has 0 bridgehead atoms. The lowest BCUT2D eigenvalue weighted by Crippen LogP contribution is -2.24. The van der Waals surface area contributed by atoms with Crippen molar-refractivity contribution in [1.82, 2.24) is 5.09 Å². The van der Waals surface area contributed by atoms with Gasteiger partial charge in [0, 0.05) is 25.3 Å². The van der Waals surface area contributed by atoms with Crippen molar-refractivity contribution >= 4 is 26.7 Å². The molecule has 1 atom stereocenters. The van der Waals surface area contributed by atoms with E-state index in [1.54, 1.807) is 35.7 Å². The number of thiophene rings is 1. The van der Waals surface area contributed by atoms with Crippen molar-refractivity contribution in [3.05, 3.63) is 70.9 Å². The van der Waals surface area contributed by atoms with E-state index in [2.05, 4.69) is 5.09 Å². The molecule has 4 rings (SSSR count). The van der Waals surface area contributed by atoms with Crippen LogP contribution < -0.4 is 14.1 Å². The van der Waals surface area contributed by atoms with Crippen molar-refractivity contribution in [2.75, 3.05) is 14.2 Å². The molecular formula is C19H19NO6P2S. The number of nitrogens with one attached hydrogen (secondary N) is 1. The Hall–Kier alpha value is -1.92. The van der Waals surface area contributed by atoms with Crippen LogP contribution in [0.25, 0.3) is 11.1 Å². The molecule has 0 radical (unpaired) electrons. The van der Waals surface area contributed by atoms with E-state index >= 15 is 0 Å². The van der Waals surface area contributed by atoms with E-state index < -0.39 is 21.1 Å². The van der Waals surface area contributed by atoms with Crippen LogP contribution in [-0.4, -0.2) is 14.2 Å². The zero-order chi connectivity index (χ0) is 20.5. The van der Waals surface area contributed by atoms with E-state index in [0.29, 0.717) is 17.1 Å². The van der Waals surface area contributed by atoms with Gasteiger partial charge in [-0.2, -0.15) is 16.4 Å². The summed E-state index contributed by atoms with van der Waals surface area (Å²) in [5, 5.41) is 6.39. The highest BCUT2D eigenvalue weighted by Gasteiger charge is 2.44. The van der Waals surface area contributed by atoms with Gasteiger partial charge in [-0.05, 0) is 34.5 Å². The van der Waals surface area contributed by atoms with E-state index in [9.17, 15) is 9.13 Å². The maximum absolute atomic E-state index is 13.8. The van der Waals surface area contributed by atoms with Gasteiger partial charge in [0.05, 0.1) is 0 Å². The van der Waals surface area contributed by atoms with Gasteiger partial charge in [-0.3, -0.25) is 4.57 Å². The number of hydrogen-bond acceptors (Lipinski definition) is 7. The zero-order valence-corrected chi connectivity index (χ0v) is 18.3. The van der Waals surface area contributed by atoms with Crippen molar-refractivity contribution in [3.63, 3.8) is 0 Å². The van der Waals surface area contributed by atoms with Gasteiger partial charge in [-0.1, -0.05) is 36.4 Å². The lowest BCUT2D eigenvalue weighted by Gasteiger charge is -2.28. The summed E-state index contributed by atoms with van der Waals surface area (Å²) in [6.45, 7) is 0. The van der Waals surface area contributed by atoms with Gasteiger partial charge in [-0.25, -0.2) is 4.57 Å². The molecule has 0 fully saturated rings. The largest absolute Gasteiger partial charge is 0.514 e. The lowest BCUT2D eigenvalue weighted by molar-refractivity contribution is 0.260. The monoisotopic (exact) mass is 451 g/mol. The molecule has 1 aliphatic rings. The number of rotatable bonds is 6. The van der Waals surface area contributed by atoms with Gasteiger partial charge in [0.15, 0.2) is 0 Å². The third-order valence-corrected chi connectivity index (χ3v) is 8.90. The Labute approximate surface area is 172 Å². The van der Waals surface area contributed by atoms with Crippen molar-refractivity contribution in [1.29, 1.82) is 0 Å². The highest BCUT2D eigenvalue weighted by Crippen LogP contribution is 2.64. The molecule has 1 unspecified atom stereocenters. The molecule has 7 nitrogen and oxygen atoms in total. The SMILES string of the molecule is COP(=O)(OC)C(NP1(=O)Oc2ccccc2-c2ccccc2O1)c1ccsc1. The van der Waals surface area contributed by atoms with E-state index in [1.807, 2.05) is 29.6 Å². The fraction of sp³-hybridized carbons (Fsp3) is 0.158. The summed E-state index contributed by atoms with van der Waals surface area (Å²) >= 11 is 1.40. The third-order valence-electron chi connectivity index (χ3n) is 4.47. The normalized spacial score (nSPS) is 15.9. The van der Waals surface area contributed by atoms with Gasteiger partial charge in [0.1, 0.15) is 17.3 Å². The summed E-state index contributed by atoms with van der Waals surface area (Å²) in [5.41, 5.74) is 2.09. The first-order chi connectivity index (χ1) is 14.0. The van der Waals surface area contributed by atoms with E-state index in [4.69, 9.17) is 18.1 Å². The highest BCUT2D eigenvalue weighted by molar-refractivity contribution is 7.57. The minimum Gasteiger partial charge on any atom is -0.404 e. The van der Waals surface area contributed by atoms with Gasteiger partial charge in [-0.15, -0.1) is 0 Å². The zero-order valence-electron chi connectivity index (χ0n) is 15.7. The van der Waals surface area contributed by atoms with Crippen molar-refractivity contribution in [2.45, 2.75) is 5.78 Å². The Morgan fingerprint density at radius 2 is 1.52 bits per heavy atom. The van der Waals surface area contributed by atoms with Crippen LogP contribution in [-0.2, 0) is 18.2 Å². The fourth-order valence-electron chi connectivity index (χ4n) is 3.06. The quantitative estimate of drug-likeness (QED) is 0.456. The van der Waals surface area contributed by atoms with E-state index in [0.717, 1.165) is 11.1 Å². The molecule has 2 heterocycles. The first-order valence-corrected chi connectivity index (χ1v) is 12.8. The fourth-order valence-corrected chi connectivity index (χ4v) is 7.36. The summed E-state index contributed by atoms with van der Waals surface area (Å²) in [4.78, 5) is 0. The molecule has 1 aromatic heterocycles. The van der Waals surface area contributed by atoms with Gasteiger partial charge < -0.3 is 18.1 Å². The lowest BCUT2D eigenvalue weighted by atomic mass is 10.0. The van der Waals surface area contributed by atoms with Crippen molar-refractivity contribution in [3.8, 4) is 22.6 Å². The predicted molar refractivity (Wildman–Crippen MR) is 113 cm³/mol. The maximum atomic E-state index is 13.8. The Morgan fingerprint density at radius 3 is 2.00 bits per heavy atom. The molecule has 3 aromatic rings. The van der Waals surface area contributed by atoms with Crippen LogP contribution in [0.2, 0.25) is 0 Å². The van der Waals surface area contributed by atoms with Crippen LogP contribution in [0.1, 0.15) is 11.3 Å². The molecule has 29 heavy (non-hydrogen) atoms. The summed E-state index contributed by atoms with van der Waals surface area (Å²) in [6, 6.07) is 16.2. The highest BCUT2D eigenvalue weighted by atomic mass is 32.1. The molecule has 1 N–H and O–H groups in total. The van der Waals surface area contributed by atoms with Crippen LogP contribution >= 0.6 is 26.7 Å². The van der Waals surface area contributed by atoms with Crippen LogP contribution in [0.4, 0.5) is 0 Å². The number of fused-ring (bicyclic) bond motifs is 3. The topological polar surface area (TPSA) is 83.1 Å². The minimum atomic E-state index is -4.02.